The van der Waals surface area contributed by atoms with E-state index >= 15 is 0 Å². The lowest BCUT2D eigenvalue weighted by Gasteiger charge is -2.18. The van der Waals surface area contributed by atoms with Crippen molar-refractivity contribution in [3.8, 4) is 0 Å². The summed E-state index contributed by atoms with van der Waals surface area (Å²) in [5.74, 6) is -0.873. The van der Waals surface area contributed by atoms with Gasteiger partial charge in [-0.2, -0.15) is 0 Å². The van der Waals surface area contributed by atoms with Crippen molar-refractivity contribution in [3.63, 3.8) is 0 Å². The zero-order valence-electron chi connectivity index (χ0n) is 53.9. The number of rotatable bonds is 66. The Balaban J connectivity index is 4.27. The molecular formula is C74H136O6. The fourth-order valence-corrected chi connectivity index (χ4v) is 10.7. The van der Waals surface area contributed by atoms with Crippen LogP contribution < -0.4 is 0 Å². The second-order valence-corrected chi connectivity index (χ2v) is 24.1. The van der Waals surface area contributed by atoms with Crippen molar-refractivity contribution in [1.29, 1.82) is 0 Å². The van der Waals surface area contributed by atoms with E-state index in [1.165, 1.54) is 263 Å². The summed E-state index contributed by atoms with van der Waals surface area (Å²) in [4.78, 5) is 38.4. The first-order valence-electron chi connectivity index (χ1n) is 35.6. The Morgan fingerprint density at radius 3 is 0.738 bits per heavy atom. The highest BCUT2D eigenvalue weighted by Crippen LogP contribution is 2.18. The third kappa shape index (κ3) is 66.2. The van der Waals surface area contributed by atoms with Crippen LogP contribution in [0.1, 0.15) is 387 Å². The topological polar surface area (TPSA) is 78.9 Å². The summed E-state index contributed by atoms with van der Waals surface area (Å²) in [6.07, 6.45) is 87.1. The van der Waals surface area contributed by atoms with Crippen molar-refractivity contribution in [2.75, 3.05) is 13.2 Å². The second-order valence-electron chi connectivity index (χ2n) is 24.1. The summed E-state index contributed by atoms with van der Waals surface area (Å²) in [6, 6.07) is 0. The van der Waals surface area contributed by atoms with Gasteiger partial charge in [0.25, 0.3) is 0 Å². The van der Waals surface area contributed by atoms with Gasteiger partial charge < -0.3 is 14.2 Å². The highest BCUT2D eigenvalue weighted by atomic mass is 16.6. The fourth-order valence-electron chi connectivity index (χ4n) is 10.7. The standard InChI is InChI=1S/C74H136O6/c1-4-7-10-13-16-19-22-25-28-31-33-34-35-36-37-38-39-40-42-43-46-49-52-55-58-61-64-67-73(76)79-70-71(69-78-72(75)66-63-60-57-54-51-48-45-30-27-24-21-18-15-12-9-6-3)80-74(77)68-65-62-59-56-53-50-47-44-41-32-29-26-23-20-17-14-11-8-5-2/h17,20,26,29-30,41,44-45,71H,4-16,18-19,21-25,27-28,31-40,42-43,46-70H2,1-3H3/b20-17-,29-26-,44-41-,45-30-. The number of hydrogen-bond acceptors (Lipinski definition) is 6. The summed E-state index contributed by atoms with van der Waals surface area (Å²) in [7, 11) is 0. The van der Waals surface area contributed by atoms with E-state index in [9.17, 15) is 14.4 Å². The Bertz CT molecular complexity index is 1380. The molecule has 6 nitrogen and oxygen atoms in total. The van der Waals surface area contributed by atoms with Crippen LogP contribution in [-0.2, 0) is 28.6 Å². The van der Waals surface area contributed by atoms with Crippen LogP contribution in [0.4, 0.5) is 0 Å². The molecule has 0 rings (SSSR count). The Morgan fingerprint density at radius 1 is 0.250 bits per heavy atom. The van der Waals surface area contributed by atoms with Crippen molar-refractivity contribution < 1.29 is 28.6 Å². The fraction of sp³-hybridized carbons (Fsp3) is 0.851. The Hall–Kier alpha value is -2.63. The summed E-state index contributed by atoms with van der Waals surface area (Å²) in [5.41, 5.74) is 0. The first kappa shape index (κ1) is 77.4. The minimum absolute atomic E-state index is 0.0773. The van der Waals surface area contributed by atoms with Gasteiger partial charge >= 0.3 is 17.9 Å². The van der Waals surface area contributed by atoms with Crippen LogP contribution in [0.15, 0.2) is 48.6 Å². The molecular weight excluding hydrogens is 985 g/mol. The number of hydrogen-bond donors (Lipinski definition) is 0. The van der Waals surface area contributed by atoms with Gasteiger partial charge in [0, 0.05) is 19.3 Å². The molecule has 0 aliphatic heterocycles. The number of esters is 3. The molecule has 0 N–H and O–H groups in total. The van der Waals surface area contributed by atoms with Gasteiger partial charge in [0.2, 0.25) is 0 Å². The molecule has 1 atom stereocenters. The zero-order chi connectivity index (χ0) is 57.8. The number of carbonyl (C=O) groups excluding carboxylic acids is 3. The van der Waals surface area contributed by atoms with E-state index in [1.807, 2.05) is 0 Å². The second kappa shape index (κ2) is 68.9. The molecule has 0 heterocycles. The molecule has 0 aromatic heterocycles. The van der Waals surface area contributed by atoms with Crippen LogP contribution in [0.2, 0.25) is 0 Å². The molecule has 0 aromatic carbocycles. The maximum Gasteiger partial charge on any atom is 0.306 e. The molecule has 468 valence electrons. The number of carbonyl (C=O) groups is 3. The van der Waals surface area contributed by atoms with E-state index in [0.29, 0.717) is 19.3 Å². The summed E-state index contributed by atoms with van der Waals surface area (Å²) in [6.45, 7) is 6.66. The molecule has 0 saturated carbocycles. The predicted molar refractivity (Wildman–Crippen MR) is 349 cm³/mol. The van der Waals surface area contributed by atoms with E-state index in [0.717, 1.165) is 83.5 Å². The van der Waals surface area contributed by atoms with Crippen LogP contribution in [0, 0.1) is 0 Å². The molecule has 0 aliphatic carbocycles. The van der Waals surface area contributed by atoms with Gasteiger partial charge in [-0.3, -0.25) is 14.4 Å². The lowest BCUT2D eigenvalue weighted by Crippen LogP contribution is -2.30. The van der Waals surface area contributed by atoms with Crippen molar-refractivity contribution in [3.05, 3.63) is 48.6 Å². The van der Waals surface area contributed by atoms with Crippen molar-refractivity contribution in [1.82, 2.24) is 0 Å². The molecule has 0 spiro atoms. The molecule has 0 aromatic rings. The van der Waals surface area contributed by atoms with Gasteiger partial charge in [-0.05, 0) is 83.5 Å². The summed E-state index contributed by atoms with van der Waals surface area (Å²) >= 11 is 0. The number of ether oxygens (including phenoxy) is 3. The first-order valence-corrected chi connectivity index (χ1v) is 35.6. The van der Waals surface area contributed by atoms with E-state index < -0.39 is 6.10 Å². The Morgan fingerprint density at radius 2 is 0.450 bits per heavy atom. The molecule has 0 fully saturated rings. The molecule has 0 amide bonds. The van der Waals surface area contributed by atoms with Gasteiger partial charge in [-0.1, -0.05) is 333 Å². The van der Waals surface area contributed by atoms with E-state index in [1.54, 1.807) is 0 Å². The largest absolute Gasteiger partial charge is 0.462 e. The van der Waals surface area contributed by atoms with Crippen LogP contribution in [-0.4, -0.2) is 37.2 Å². The lowest BCUT2D eigenvalue weighted by atomic mass is 10.0. The number of unbranched alkanes of at least 4 members (excludes halogenated alkanes) is 47. The molecule has 0 aliphatic rings. The third-order valence-electron chi connectivity index (χ3n) is 16.1. The molecule has 80 heavy (non-hydrogen) atoms. The molecule has 0 radical (unpaired) electrons. The van der Waals surface area contributed by atoms with Gasteiger partial charge in [-0.25, -0.2) is 0 Å². The van der Waals surface area contributed by atoms with Crippen LogP contribution in [0.25, 0.3) is 0 Å². The molecule has 0 saturated heterocycles. The average Bonchev–Trinajstić information content (AvgIpc) is 3.46. The quantitative estimate of drug-likeness (QED) is 0.0261. The minimum atomic E-state index is -0.784. The zero-order valence-corrected chi connectivity index (χ0v) is 53.9. The predicted octanol–water partition coefficient (Wildman–Crippen LogP) is 24.5. The Labute approximate surface area is 498 Å². The van der Waals surface area contributed by atoms with Crippen molar-refractivity contribution >= 4 is 17.9 Å². The molecule has 1 unspecified atom stereocenters. The smallest absolute Gasteiger partial charge is 0.306 e. The SMILES string of the molecule is CCCCC/C=C\C/C=C\C/C=C\CCCCCCCCC(=O)OC(COC(=O)CCCCCCC/C=C\CCCCCCCCC)COC(=O)CCCCCCCCCCCCCCCCCCCCCCCCCCCCC. The maximum absolute atomic E-state index is 12.9. The molecule has 0 bridgehead atoms. The lowest BCUT2D eigenvalue weighted by molar-refractivity contribution is -0.167. The third-order valence-corrected chi connectivity index (χ3v) is 16.1. The first-order chi connectivity index (χ1) is 39.5. The van der Waals surface area contributed by atoms with Crippen molar-refractivity contribution in [2.24, 2.45) is 0 Å². The normalized spacial score (nSPS) is 12.3. The highest BCUT2D eigenvalue weighted by Gasteiger charge is 2.19. The van der Waals surface area contributed by atoms with E-state index in [2.05, 4.69) is 69.4 Å². The average molecular weight is 1120 g/mol. The van der Waals surface area contributed by atoms with Gasteiger partial charge in [0.15, 0.2) is 6.10 Å². The van der Waals surface area contributed by atoms with Gasteiger partial charge in [-0.15, -0.1) is 0 Å². The monoisotopic (exact) mass is 1120 g/mol. The minimum Gasteiger partial charge on any atom is -0.462 e. The molecule has 6 heteroatoms. The van der Waals surface area contributed by atoms with Crippen molar-refractivity contribution in [2.45, 2.75) is 393 Å². The summed E-state index contributed by atoms with van der Waals surface area (Å²) < 4.78 is 17.0. The summed E-state index contributed by atoms with van der Waals surface area (Å²) in [5, 5.41) is 0. The van der Waals surface area contributed by atoms with E-state index in [4.69, 9.17) is 14.2 Å². The van der Waals surface area contributed by atoms with Gasteiger partial charge in [0.05, 0.1) is 0 Å². The Kier molecular flexibility index (Phi) is 66.6. The highest BCUT2D eigenvalue weighted by molar-refractivity contribution is 5.71. The maximum atomic E-state index is 12.9. The van der Waals surface area contributed by atoms with Crippen LogP contribution >= 0.6 is 0 Å². The van der Waals surface area contributed by atoms with Crippen LogP contribution in [0.5, 0.6) is 0 Å². The van der Waals surface area contributed by atoms with E-state index in [-0.39, 0.29) is 31.1 Å². The number of allylic oxidation sites excluding steroid dienone is 8. The van der Waals surface area contributed by atoms with Gasteiger partial charge in [0.1, 0.15) is 13.2 Å². The van der Waals surface area contributed by atoms with Crippen LogP contribution in [0.3, 0.4) is 0 Å².